The normalized spacial score (nSPS) is 10.4. The van der Waals surface area contributed by atoms with Gasteiger partial charge in [0.1, 0.15) is 0 Å². The molecule has 7 heteroatoms. The fraction of sp³-hybridized carbons (Fsp3) is 0.167. The van der Waals surface area contributed by atoms with Crippen LogP contribution in [-0.4, -0.2) is 23.8 Å². The number of anilines is 2. The van der Waals surface area contributed by atoms with Gasteiger partial charge in [0.15, 0.2) is 0 Å². The fourth-order valence-corrected chi connectivity index (χ4v) is 3.12. The van der Waals surface area contributed by atoms with Crippen LogP contribution in [0.1, 0.15) is 29.3 Å². The molecule has 0 saturated carbocycles. The first kappa shape index (κ1) is 22.0. The number of urea groups is 1. The SMILES string of the molecule is CCCOCc1c(NC(=O)Nc2ccccc2)cccc1-c1ccc(C(=O)NO)cc1. The number of hydrogen-bond donors (Lipinski definition) is 4. The van der Waals surface area contributed by atoms with Gasteiger partial charge < -0.3 is 15.4 Å². The van der Waals surface area contributed by atoms with Crippen molar-refractivity contribution >= 4 is 23.3 Å². The second-order valence-electron chi connectivity index (χ2n) is 6.85. The lowest BCUT2D eigenvalue weighted by atomic mass is 9.97. The molecule has 0 spiro atoms. The number of amides is 3. The van der Waals surface area contributed by atoms with E-state index in [9.17, 15) is 9.59 Å². The zero-order valence-corrected chi connectivity index (χ0v) is 17.2. The molecule has 0 aromatic heterocycles. The third kappa shape index (κ3) is 5.91. The monoisotopic (exact) mass is 419 g/mol. The minimum Gasteiger partial charge on any atom is -0.377 e. The molecule has 0 unspecified atom stereocenters. The summed E-state index contributed by atoms with van der Waals surface area (Å²) < 4.78 is 5.78. The summed E-state index contributed by atoms with van der Waals surface area (Å²) >= 11 is 0. The molecule has 3 amide bonds. The highest BCUT2D eigenvalue weighted by Gasteiger charge is 2.14. The summed E-state index contributed by atoms with van der Waals surface area (Å²) in [5, 5.41) is 14.5. The molecule has 31 heavy (non-hydrogen) atoms. The minimum atomic E-state index is -0.578. The molecule has 0 aliphatic heterocycles. The molecule has 4 N–H and O–H groups in total. The Morgan fingerprint density at radius 3 is 2.32 bits per heavy atom. The molecule has 0 aliphatic carbocycles. The highest BCUT2D eigenvalue weighted by molar-refractivity contribution is 6.01. The molecule has 0 atom stereocenters. The summed E-state index contributed by atoms with van der Waals surface area (Å²) in [6, 6.07) is 21.3. The molecule has 0 bridgehead atoms. The van der Waals surface area contributed by atoms with Crippen molar-refractivity contribution in [2.24, 2.45) is 0 Å². The first-order chi connectivity index (χ1) is 15.1. The summed E-state index contributed by atoms with van der Waals surface area (Å²) in [5.74, 6) is -0.578. The number of ether oxygens (including phenoxy) is 1. The van der Waals surface area contributed by atoms with E-state index in [0.29, 0.717) is 30.2 Å². The highest BCUT2D eigenvalue weighted by Crippen LogP contribution is 2.30. The quantitative estimate of drug-likeness (QED) is 0.233. The smallest absolute Gasteiger partial charge is 0.323 e. The predicted octanol–water partition coefficient (Wildman–Crippen LogP) is 5.04. The van der Waals surface area contributed by atoms with E-state index in [1.54, 1.807) is 29.7 Å². The van der Waals surface area contributed by atoms with Gasteiger partial charge in [0.25, 0.3) is 5.91 Å². The maximum absolute atomic E-state index is 12.5. The zero-order chi connectivity index (χ0) is 22.1. The molecule has 3 aromatic rings. The standard InChI is InChI=1S/C24H25N3O4/c1-2-15-31-16-21-20(17-11-13-18(14-12-17)23(28)27-30)9-6-10-22(21)26-24(29)25-19-7-4-3-5-8-19/h3-14,30H,2,15-16H2,1H3,(H,27,28)(H2,25,26,29). The molecular formula is C24H25N3O4. The average molecular weight is 419 g/mol. The van der Waals surface area contributed by atoms with Crippen molar-refractivity contribution in [3.8, 4) is 11.1 Å². The number of carbonyl (C=O) groups excluding carboxylic acids is 2. The summed E-state index contributed by atoms with van der Waals surface area (Å²) in [4.78, 5) is 24.1. The van der Waals surface area contributed by atoms with Crippen LogP contribution in [-0.2, 0) is 11.3 Å². The van der Waals surface area contributed by atoms with Gasteiger partial charge in [-0.1, -0.05) is 49.4 Å². The van der Waals surface area contributed by atoms with Gasteiger partial charge in [-0.3, -0.25) is 10.0 Å². The third-order valence-corrected chi connectivity index (χ3v) is 4.61. The van der Waals surface area contributed by atoms with Crippen molar-refractivity contribution in [2.45, 2.75) is 20.0 Å². The van der Waals surface area contributed by atoms with Crippen LogP contribution in [0.5, 0.6) is 0 Å². The Bertz CT molecular complexity index is 1020. The second-order valence-corrected chi connectivity index (χ2v) is 6.85. The van der Waals surface area contributed by atoms with Crippen LogP contribution in [0.15, 0.2) is 72.8 Å². The van der Waals surface area contributed by atoms with E-state index < -0.39 is 5.91 Å². The lowest BCUT2D eigenvalue weighted by molar-refractivity contribution is 0.0706. The van der Waals surface area contributed by atoms with E-state index in [-0.39, 0.29) is 6.03 Å². The van der Waals surface area contributed by atoms with Crippen LogP contribution in [0.4, 0.5) is 16.2 Å². The van der Waals surface area contributed by atoms with E-state index in [0.717, 1.165) is 23.1 Å². The van der Waals surface area contributed by atoms with E-state index >= 15 is 0 Å². The van der Waals surface area contributed by atoms with Gasteiger partial charge in [-0.05, 0) is 47.9 Å². The van der Waals surface area contributed by atoms with Crippen molar-refractivity contribution in [1.82, 2.24) is 5.48 Å². The number of hydrogen-bond acceptors (Lipinski definition) is 4. The molecule has 0 aliphatic rings. The summed E-state index contributed by atoms with van der Waals surface area (Å²) in [6.07, 6.45) is 0.879. The predicted molar refractivity (Wildman–Crippen MR) is 120 cm³/mol. The molecular weight excluding hydrogens is 394 g/mol. The molecule has 0 radical (unpaired) electrons. The largest absolute Gasteiger partial charge is 0.377 e. The molecule has 0 heterocycles. The highest BCUT2D eigenvalue weighted by atomic mass is 16.5. The molecule has 3 rings (SSSR count). The number of rotatable bonds is 8. The van der Waals surface area contributed by atoms with Gasteiger partial charge in [-0.25, -0.2) is 10.3 Å². The minimum absolute atomic E-state index is 0.323. The van der Waals surface area contributed by atoms with E-state index in [2.05, 4.69) is 10.6 Å². The molecule has 160 valence electrons. The Hall–Kier alpha value is -3.68. The molecule has 0 fully saturated rings. The van der Waals surface area contributed by atoms with Crippen LogP contribution in [0, 0.1) is 0 Å². The number of carbonyl (C=O) groups is 2. The fourth-order valence-electron chi connectivity index (χ4n) is 3.12. The first-order valence-corrected chi connectivity index (χ1v) is 10.00. The van der Waals surface area contributed by atoms with E-state index in [4.69, 9.17) is 9.94 Å². The maximum Gasteiger partial charge on any atom is 0.323 e. The average Bonchev–Trinajstić information content (AvgIpc) is 2.80. The number of hydroxylamine groups is 1. The second kappa shape index (κ2) is 10.9. The lowest BCUT2D eigenvalue weighted by Gasteiger charge is -2.17. The van der Waals surface area contributed by atoms with E-state index in [1.165, 1.54) is 0 Å². The van der Waals surface area contributed by atoms with Crippen LogP contribution >= 0.6 is 0 Å². The Balaban J connectivity index is 1.88. The summed E-state index contributed by atoms with van der Waals surface area (Å²) in [7, 11) is 0. The van der Waals surface area contributed by atoms with Gasteiger partial charge in [-0.2, -0.15) is 0 Å². The maximum atomic E-state index is 12.5. The topological polar surface area (TPSA) is 99.7 Å². The van der Waals surface area contributed by atoms with Crippen molar-refractivity contribution in [3.63, 3.8) is 0 Å². The number of para-hydroxylation sites is 1. The van der Waals surface area contributed by atoms with Gasteiger partial charge >= 0.3 is 6.03 Å². The molecule has 7 nitrogen and oxygen atoms in total. The van der Waals surface area contributed by atoms with Crippen molar-refractivity contribution in [1.29, 1.82) is 0 Å². The van der Waals surface area contributed by atoms with Crippen LogP contribution < -0.4 is 16.1 Å². The molecule has 3 aromatic carbocycles. The van der Waals surface area contributed by atoms with Gasteiger partial charge in [0, 0.05) is 29.1 Å². The van der Waals surface area contributed by atoms with Gasteiger partial charge in [0.05, 0.1) is 6.61 Å². The van der Waals surface area contributed by atoms with Crippen LogP contribution in [0.3, 0.4) is 0 Å². The van der Waals surface area contributed by atoms with Crippen LogP contribution in [0.25, 0.3) is 11.1 Å². The third-order valence-electron chi connectivity index (χ3n) is 4.61. The molecule has 0 saturated heterocycles. The Morgan fingerprint density at radius 2 is 1.65 bits per heavy atom. The van der Waals surface area contributed by atoms with E-state index in [1.807, 2.05) is 55.5 Å². The Morgan fingerprint density at radius 1 is 0.903 bits per heavy atom. The van der Waals surface area contributed by atoms with Crippen molar-refractivity contribution in [3.05, 3.63) is 83.9 Å². The number of nitrogens with one attached hydrogen (secondary N) is 3. The van der Waals surface area contributed by atoms with Gasteiger partial charge in [0.2, 0.25) is 0 Å². The lowest BCUT2D eigenvalue weighted by Crippen LogP contribution is -2.20. The zero-order valence-electron chi connectivity index (χ0n) is 17.2. The Labute approximate surface area is 181 Å². The van der Waals surface area contributed by atoms with Crippen LogP contribution in [0.2, 0.25) is 0 Å². The van der Waals surface area contributed by atoms with Crippen molar-refractivity contribution < 1.29 is 19.5 Å². The summed E-state index contributed by atoms with van der Waals surface area (Å²) in [5.41, 5.74) is 5.86. The Kier molecular flexibility index (Phi) is 7.75. The van der Waals surface area contributed by atoms with Crippen molar-refractivity contribution in [2.75, 3.05) is 17.2 Å². The number of benzene rings is 3. The first-order valence-electron chi connectivity index (χ1n) is 10.00. The van der Waals surface area contributed by atoms with Gasteiger partial charge in [-0.15, -0.1) is 0 Å². The summed E-state index contributed by atoms with van der Waals surface area (Å²) in [6.45, 7) is 2.95.